The van der Waals surface area contributed by atoms with Gasteiger partial charge in [-0.3, -0.25) is 4.99 Å². The first-order valence-electron chi connectivity index (χ1n) is 10.2. The number of rotatable bonds is 4. The summed E-state index contributed by atoms with van der Waals surface area (Å²) in [6.45, 7) is 0.339. The van der Waals surface area contributed by atoms with Gasteiger partial charge in [0.05, 0.1) is 17.8 Å². The molecule has 0 saturated heterocycles. The van der Waals surface area contributed by atoms with Crippen molar-refractivity contribution in [3.8, 4) is 11.1 Å². The van der Waals surface area contributed by atoms with Crippen molar-refractivity contribution >= 4 is 34.8 Å². The molecule has 162 valence electrons. The van der Waals surface area contributed by atoms with E-state index in [9.17, 15) is 9.18 Å². The Kier molecular flexibility index (Phi) is 5.36. The van der Waals surface area contributed by atoms with Crippen LogP contribution in [0.3, 0.4) is 0 Å². The number of fused-ring (bicyclic) bond motifs is 3. The minimum absolute atomic E-state index is 0.207. The van der Waals surface area contributed by atoms with E-state index in [2.05, 4.69) is 10.3 Å². The summed E-state index contributed by atoms with van der Waals surface area (Å²) in [5.41, 5.74) is 5.31. The highest BCUT2D eigenvalue weighted by atomic mass is 35.5. The molecule has 0 aliphatic carbocycles. The number of carboxylic acid groups (broad SMARTS) is 1. The molecule has 3 aromatic carbocycles. The Morgan fingerprint density at radius 3 is 2.48 bits per heavy atom. The van der Waals surface area contributed by atoms with Crippen molar-refractivity contribution in [3.05, 3.63) is 112 Å². The van der Waals surface area contributed by atoms with E-state index in [0.717, 1.165) is 22.3 Å². The average Bonchev–Trinajstić information content (AvgIpc) is 2.96. The second-order valence-electron chi connectivity index (χ2n) is 7.57. The summed E-state index contributed by atoms with van der Waals surface area (Å²) in [5, 5.41) is 12.8. The highest BCUT2D eigenvalue weighted by Crippen LogP contribution is 2.36. The molecular formula is C26H17ClFN3O2. The molecule has 0 fully saturated rings. The van der Waals surface area contributed by atoms with Crippen molar-refractivity contribution < 1.29 is 14.3 Å². The molecule has 0 radical (unpaired) electrons. The summed E-state index contributed by atoms with van der Waals surface area (Å²) in [6, 6.07) is 20.4. The van der Waals surface area contributed by atoms with Crippen LogP contribution in [-0.4, -0.2) is 21.8 Å². The van der Waals surface area contributed by atoms with E-state index in [-0.39, 0.29) is 11.4 Å². The molecular weight excluding hydrogens is 441 g/mol. The second-order valence-corrected chi connectivity index (χ2v) is 8.01. The van der Waals surface area contributed by atoms with E-state index in [0.29, 0.717) is 34.3 Å². The molecule has 2 N–H and O–H groups in total. The Labute approximate surface area is 194 Å². The number of nitrogens with one attached hydrogen (secondary N) is 1. The molecule has 0 spiro atoms. The number of carbonyl (C=O) groups is 1. The summed E-state index contributed by atoms with van der Waals surface area (Å²) in [5.74, 6) is -0.740. The molecule has 1 aliphatic rings. The lowest BCUT2D eigenvalue weighted by Crippen LogP contribution is -2.07. The fourth-order valence-corrected chi connectivity index (χ4v) is 4.03. The quantitative estimate of drug-likeness (QED) is 0.375. The van der Waals surface area contributed by atoms with E-state index in [4.69, 9.17) is 21.7 Å². The number of hydrogen-bond donors (Lipinski definition) is 2. The Balaban J connectivity index is 1.57. The molecule has 5 rings (SSSR count). The smallest absolute Gasteiger partial charge is 0.335 e. The molecule has 1 aromatic heterocycles. The van der Waals surface area contributed by atoms with Gasteiger partial charge in [-0.1, -0.05) is 29.8 Å². The number of benzene rings is 3. The maximum Gasteiger partial charge on any atom is 0.335 e. The summed E-state index contributed by atoms with van der Waals surface area (Å²) >= 11 is 6.31. The first kappa shape index (κ1) is 20.8. The Bertz CT molecular complexity index is 1420. The Hall–Kier alpha value is -4.03. The molecule has 0 saturated carbocycles. The van der Waals surface area contributed by atoms with E-state index in [1.54, 1.807) is 48.7 Å². The predicted octanol–water partition coefficient (Wildman–Crippen LogP) is 6.33. The molecule has 5 nitrogen and oxygen atoms in total. The van der Waals surface area contributed by atoms with Crippen molar-refractivity contribution in [2.45, 2.75) is 6.54 Å². The highest BCUT2D eigenvalue weighted by molar-refractivity contribution is 6.31. The monoisotopic (exact) mass is 457 g/mol. The Morgan fingerprint density at radius 1 is 0.939 bits per heavy atom. The van der Waals surface area contributed by atoms with E-state index >= 15 is 0 Å². The van der Waals surface area contributed by atoms with Crippen LogP contribution < -0.4 is 5.32 Å². The van der Waals surface area contributed by atoms with Crippen molar-refractivity contribution in [1.82, 2.24) is 4.98 Å². The van der Waals surface area contributed by atoms with Crippen LogP contribution in [0.4, 0.5) is 15.9 Å². The van der Waals surface area contributed by atoms with Gasteiger partial charge in [-0.05, 0) is 71.3 Å². The average molecular weight is 458 g/mol. The molecule has 0 atom stereocenters. The minimum Gasteiger partial charge on any atom is -0.478 e. The zero-order chi connectivity index (χ0) is 22.9. The van der Waals surface area contributed by atoms with Gasteiger partial charge >= 0.3 is 5.97 Å². The highest BCUT2D eigenvalue weighted by Gasteiger charge is 2.22. The van der Waals surface area contributed by atoms with Crippen molar-refractivity contribution in [2.75, 3.05) is 5.32 Å². The number of anilines is 2. The van der Waals surface area contributed by atoms with Gasteiger partial charge in [0.25, 0.3) is 0 Å². The van der Waals surface area contributed by atoms with Crippen molar-refractivity contribution in [1.29, 1.82) is 0 Å². The van der Waals surface area contributed by atoms with Crippen LogP contribution in [0, 0.1) is 5.82 Å². The number of nitrogens with zero attached hydrogens (tertiary/aromatic N) is 2. The summed E-state index contributed by atoms with van der Waals surface area (Å²) in [6.07, 6.45) is 1.75. The van der Waals surface area contributed by atoms with Gasteiger partial charge in [0.1, 0.15) is 11.6 Å². The minimum atomic E-state index is -0.981. The SMILES string of the molecule is O=C(O)c1ccc(Nc2cc3c(cn2)CN=C(c2ccccc2F)c2cc(Cl)ccc2-3)cc1. The summed E-state index contributed by atoms with van der Waals surface area (Å²) in [7, 11) is 0. The number of carboxylic acids is 1. The first-order valence-corrected chi connectivity index (χ1v) is 10.6. The van der Waals surface area contributed by atoms with Crippen LogP contribution in [-0.2, 0) is 6.54 Å². The fourth-order valence-electron chi connectivity index (χ4n) is 3.85. The number of halogens is 2. The lowest BCUT2D eigenvalue weighted by atomic mass is 9.92. The second kappa shape index (κ2) is 8.48. The van der Waals surface area contributed by atoms with Gasteiger partial charge in [-0.15, -0.1) is 0 Å². The summed E-state index contributed by atoms with van der Waals surface area (Å²) < 4.78 is 14.6. The molecule has 1 aliphatic heterocycles. The third-order valence-electron chi connectivity index (χ3n) is 5.45. The van der Waals surface area contributed by atoms with Gasteiger partial charge < -0.3 is 10.4 Å². The largest absolute Gasteiger partial charge is 0.478 e. The molecule has 7 heteroatoms. The van der Waals surface area contributed by atoms with E-state index < -0.39 is 5.97 Å². The van der Waals surface area contributed by atoms with Crippen LogP contribution in [0.2, 0.25) is 5.02 Å². The number of aromatic nitrogens is 1. The van der Waals surface area contributed by atoms with Crippen LogP contribution in [0.15, 0.2) is 84.0 Å². The van der Waals surface area contributed by atoms with Crippen LogP contribution >= 0.6 is 11.6 Å². The summed E-state index contributed by atoms with van der Waals surface area (Å²) in [4.78, 5) is 20.3. The van der Waals surface area contributed by atoms with Crippen molar-refractivity contribution in [2.24, 2.45) is 4.99 Å². The number of hydrogen-bond acceptors (Lipinski definition) is 4. The van der Waals surface area contributed by atoms with Crippen LogP contribution in [0.25, 0.3) is 11.1 Å². The van der Waals surface area contributed by atoms with Gasteiger partial charge in [0.2, 0.25) is 0 Å². The van der Waals surface area contributed by atoms with Gasteiger partial charge in [0, 0.05) is 28.0 Å². The lowest BCUT2D eigenvalue weighted by Gasteiger charge is -2.14. The third kappa shape index (κ3) is 4.08. The molecule has 0 unspecified atom stereocenters. The van der Waals surface area contributed by atoms with Crippen molar-refractivity contribution in [3.63, 3.8) is 0 Å². The van der Waals surface area contributed by atoms with Gasteiger partial charge in [0.15, 0.2) is 0 Å². The first-order chi connectivity index (χ1) is 16.0. The Morgan fingerprint density at radius 2 is 1.73 bits per heavy atom. The maximum absolute atomic E-state index is 14.6. The zero-order valence-corrected chi connectivity index (χ0v) is 18.0. The molecule has 33 heavy (non-hydrogen) atoms. The zero-order valence-electron chi connectivity index (χ0n) is 17.2. The van der Waals surface area contributed by atoms with Gasteiger partial charge in [-0.25, -0.2) is 14.2 Å². The molecule has 4 aromatic rings. The predicted molar refractivity (Wildman–Crippen MR) is 127 cm³/mol. The van der Waals surface area contributed by atoms with E-state index in [1.807, 2.05) is 12.1 Å². The van der Waals surface area contributed by atoms with E-state index in [1.165, 1.54) is 18.2 Å². The van der Waals surface area contributed by atoms with Crippen LogP contribution in [0.5, 0.6) is 0 Å². The molecule has 2 heterocycles. The number of aliphatic imine (C=N–C) groups is 1. The number of pyridine rings is 1. The maximum atomic E-state index is 14.6. The van der Waals surface area contributed by atoms with Gasteiger partial charge in [-0.2, -0.15) is 0 Å². The normalized spacial score (nSPS) is 12.2. The fraction of sp³-hybridized carbons (Fsp3) is 0.0385. The molecule has 0 bridgehead atoms. The molecule has 0 amide bonds. The van der Waals surface area contributed by atoms with Crippen LogP contribution in [0.1, 0.15) is 27.0 Å². The third-order valence-corrected chi connectivity index (χ3v) is 5.69. The number of aromatic carboxylic acids is 1. The topological polar surface area (TPSA) is 74.6 Å². The standard InChI is InChI=1S/C26H17ClFN3O2/c27-17-7-10-19-21-12-24(31-18-8-5-15(6-9-18)26(32)33)29-13-16(21)14-30-25(22(19)11-17)20-3-1-2-4-23(20)28/h1-13H,14H2,(H,29,31)(H,32,33). The lowest BCUT2D eigenvalue weighted by molar-refractivity contribution is 0.0697.